The number of benzene rings is 2. The number of ketones is 1. The van der Waals surface area contributed by atoms with Crippen molar-refractivity contribution in [3.63, 3.8) is 0 Å². The largest absolute Gasteiger partial charge is 0.298 e. The van der Waals surface area contributed by atoms with E-state index in [0.29, 0.717) is 6.42 Å². The Hall–Kier alpha value is -1.45. The molecular weight excluding hydrogens is 326 g/mol. The number of carbonyl (C=O) groups excluding carboxylic acids is 1. The van der Waals surface area contributed by atoms with Crippen molar-refractivity contribution < 1.29 is 4.79 Å². The van der Waals surface area contributed by atoms with Gasteiger partial charge in [-0.25, -0.2) is 0 Å². The molecule has 0 fully saturated rings. The van der Waals surface area contributed by atoms with Crippen LogP contribution >= 0.6 is 15.9 Å². The van der Waals surface area contributed by atoms with Crippen molar-refractivity contribution in [2.24, 2.45) is 0 Å². The van der Waals surface area contributed by atoms with E-state index in [4.69, 9.17) is 0 Å². The SMILES string of the molecule is O=C(CCN1CCc2ccccc2C1)c1ccc(Br)cc1. The highest BCUT2D eigenvalue weighted by Gasteiger charge is 2.16. The molecule has 2 aromatic carbocycles. The lowest BCUT2D eigenvalue weighted by atomic mass is 9.99. The predicted octanol–water partition coefficient (Wildman–Crippen LogP) is 4.08. The van der Waals surface area contributed by atoms with E-state index in [-0.39, 0.29) is 5.78 Å². The van der Waals surface area contributed by atoms with Crippen molar-refractivity contribution >= 4 is 21.7 Å². The maximum Gasteiger partial charge on any atom is 0.164 e. The monoisotopic (exact) mass is 343 g/mol. The summed E-state index contributed by atoms with van der Waals surface area (Å²) in [5.74, 6) is 0.223. The lowest BCUT2D eigenvalue weighted by Gasteiger charge is -2.28. The Kier molecular flexibility index (Phi) is 4.51. The van der Waals surface area contributed by atoms with Crippen molar-refractivity contribution in [1.82, 2.24) is 4.90 Å². The second kappa shape index (κ2) is 6.54. The molecule has 0 N–H and O–H groups in total. The zero-order valence-electron chi connectivity index (χ0n) is 11.9. The quantitative estimate of drug-likeness (QED) is 0.779. The summed E-state index contributed by atoms with van der Waals surface area (Å²) >= 11 is 3.39. The van der Waals surface area contributed by atoms with E-state index in [9.17, 15) is 4.79 Å². The van der Waals surface area contributed by atoms with Gasteiger partial charge in [-0.15, -0.1) is 0 Å². The van der Waals surface area contributed by atoms with E-state index in [0.717, 1.165) is 36.1 Å². The Bertz CT molecular complexity index is 636. The zero-order valence-corrected chi connectivity index (χ0v) is 13.5. The predicted molar refractivity (Wildman–Crippen MR) is 88.5 cm³/mol. The van der Waals surface area contributed by atoms with Gasteiger partial charge in [-0.3, -0.25) is 9.69 Å². The molecule has 0 atom stereocenters. The van der Waals surface area contributed by atoms with Gasteiger partial charge in [-0.2, -0.15) is 0 Å². The maximum absolute atomic E-state index is 12.2. The molecule has 3 heteroatoms. The van der Waals surface area contributed by atoms with Crippen molar-refractivity contribution in [3.05, 3.63) is 69.7 Å². The van der Waals surface area contributed by atoms with Crippen LogP contribution in [0.5, 0.6) is 0 Å². The highest BCUT2D eigenvalue weighted by Crippen LogP contribution is 2.19. The molecular formula is C18H18BrNO. The molecule has 2 aromatic rings. The van der Waals surface area contributed by atoms with Crippen LogP contribution in [-0.2, 0) is 13.0 Å². The molecule has 0 unspecified atom stereocenters. The van der Waals surface area contributed by atoms with Crippen LogP contribution in [0.3, 0.4) is 0 Å². The van der Waals surface area contributed by atoms with Gasteiger partial charge in [0.25, 0.3) is 0 Å². The molecule has 0 radical (unpaired) electrons. The third-order valence-electron chi connectivity index (χ3n) is 4.03. The second-order valence-corrected chi connectivity index (χ2v) is 6.39. The number of hydrogen-bond donors (Lipinski definition) is 0. The molecule has 3 rings (SSSR count). The summed E-state index contributed by atoms with van der Waals surface area (Å²) < 4.78 is 1.01. The average molecular weight is 344 g/mol. The molecule has 0 saturated heterocycles. The summed E-state index contributed by atoms with van der Waals surface area (Å²) in [5.41, 5.74) is 3.66. The number of rotatable bonds is 4. The third kappa shape index (κ3) is 3.60. The number of Topliss-reactive ketones (excluding diaryl/α,β-unsaturated/α-hetero) is 1. The van der Waals surface area contributed by atoms with E-state index < -0.39 is 0 Å². The Morgan fingerprint density at radius 1 is 1.05 bits per heavy atom. The second-order valence-electron chi connectivity index (χ2n) is 5.47. The lowest BCUT2D eigenvalue weighted by Crippen LogP contribution is -2.32. The summed E-state index contributed by atoms with van der Waals surface area (Å²) in [6, 6.07) is 16.2. The van der Waals surface area contributed by atoms with E-state index in [1.165, 1.54) is 11.1 Å². The van der Waals surface area contributed by atoms with E-state index >= 15 is 0 Å². The zero-order chi connectivity index (χ0) is 14.7. The minimum absolute atomic E-state index is 0.223. The molecule has 1 aliphatic heterocycles. The van der Waals surface area contributed by atoms with Gasteiger partial charge >= 0.3 is 0 Å². The van der Waals surface area contributed by atoms with Gasteiger partial charge < -0.3 is 0 Å². The molecule has 21 heavy (non-hydrogen) atoms. The first-order valence-corrected chi connectivity index (χ1v) is 8.09. The summed E-state index contributed by atoms with van der Waals surface area (Å²) in [5, 5.41) is 0. The van der Waals surface area contributed by atoms with Crippen molar-refractivity contribution in [2.75, 3.05) is 13.1 Å². The van der Waals surface area contributed by atoms with E-state index in [2.05, 4.69) is 45.1 Å². The number of carbonyl (C=O) groups is 1. The van der Waals surface area contributed by atoms with Gasteiger partial charge in [0.15, 0.2) is 5.78 Å². The first kappa shape index (κ1) is 14.5. The van der Waals surface area contributed by atoms with E-state index in [1.807, 2.05) is 24.3 Å². The molecule has 108 valence electrons. The Morgan fingerprint density at radius 2 is 1.76 bits per heavy atom. The van der Waals surface area contributed by atoms with Crippen molar-refractivity contribution in [1.29, 1.82) is 0 Å². The van der Waals surface area contributed by atoms with Crippen molar-refractivity contribution in [3.8, 4) is 0 Å². The molecule has 1 heterocycles. The van der Waals surface area contributed by atoms with Crippen LogP contribution in [-0.4, -0.2) is 23.8 Å². The lowest BCUT2D eigenvalue weighted by molar-refractivity contribution is 0.0960. The minimum atomic E-state index is 0.223. The maximum atomic E-state index is 12.2. The van der Waals surface area contributed by atoms with Crippen LogP contribution in [0.1, 0.15) is 27.9 Å². The molecule has 1 aliphatic rings. The smallest absolute Gasteiger partial charge is 0.164 e. The Morgan fingerprint density at radius 3 is 2.52 bits per heavy atom. The van der Waals surface area contributed by atoms with Gasteiger partial charge in [-0.1, -0.05) is 52.3 Å². The number of fused-ring (bicyclic) bond motifs is 1. The van der Waals surface area contributed by atoms with Gasteiger partial charge in [0.2, 0.25) is 0 Å². The number of halogens is 1. The fourth-order valence-corrected chi connectivity index (χ4v) is 3.05. The molecule has 0 spiro atoms. The van der Waals surface area contributed by atoms with E-state index in [1.54, 1.807) is 0 Å². The number of nitrogens with zero attached hydrogens (tertiary/aromatic N) is 1. The van der Waals surface area contributed by atoms with Gasteiger partial charge in [0.05, 0.1) is 0 Å². The molecule has 2 nitrogen and oxygen atoms in total. The highest BCUT2D eigenvalue weighted by molar-refractivity contribution is 9.10. The molecule has 0 aliphatic carbocycles. The van der Waals surface area contributed by atoms with Crippen LogP contribution in [0.25, 0.3) is 0 Å². The standard InChI is InChI=1S/C18H18BrNO/c19-17-7-5-15(6-8-17)18(21)10-12-20-11-9-14-3-1-2-4-16(14)13-20/h1-8H,9-13H2. The first-order chi connectivity index (χ1) is 10.2. The Labute approximate surface area is 133 Å². The fourth-order valence-electron chi connectivity index (χ4n) is 2.78. The van der Waals surface area contributed by atoms with Crippen LogP contribution in [0.15, 0.2) is 53.0 Å². The summed E-state index contributed by atoms with van der Waals surface area (Å²) in [6.45, 7) is 2.84. The molecule has 0 saturated carbocycles. The minimum Gasteiger partial charge on any atom is -0.298 e. The topological polar surface area (TPSA) is 20.3 Å². The average Bonchev–Trinajstić information content (AvgIpc) is 2.53. The van der Waals surface area contributed by atoms with Crippen LogP contribution in [0, 0.1) is 0 Å². The summed E-state index contributed by atoms with van der Waals surface area (Å²) in [4.78, 5) is 14.6. The molecule has 0 aromatic heterocycles. The molecule has 0 amide bonds. The Balaban J connectivity index is 1.56. The van der Waals surface area contributed by atoms with Crippen LogP contribution in [0.2, 0.25) is 0 Å². The molecule has 0 bridgehead atoms. The normalized spacial score (nSPS) is 14.7. The first-order valence-electron chi connectivity index (χ1n) is 7.30. The van der Waals surface area contributed by atoms with Crippen LogP contribution < -0.4 is 0 Å². The fraction of sp³-hybridized carbons (Fsp3) is 0.278. The van der Waals surface area contributed by atoms with Gasteiger partial charge in [0.1, 0.15) is 0 Å². The third-order valence-corrected chi connectivity index (χ3v) is 4.56. The van der Waals surface area contributed by atoms with Gasteiger partial charge in [0, 0.05) is 36.1 Å². The highest BCUT2D eigenvalue weighted by atomic mass is 79.9. The number of hydrogen-bond acceptors (Lipinski definition) is 2. The van der Waals surface area contributed by atoms with Gasteiger partial charge in [-0.05, 0) is 29.7 Å². The van der Waals surface area contributed by atoms with Crippen molar-refractivity contribution in [2.45, 2.75) is 19.4 Å². The summed E-state index contributed by atoms with van der Waals surface area (Å²) in [6.07, 6.45) is 1.67. The summed E-state index contributed by atoms with van der Waals surface area (Å²) in [7, 11) is 0. The van der Waals surface area contributed by atoms with Crippen LogP contribution in [0.4, 0.5) is 0 Å².